The van der Waals surface area contributed by atoms with Gasteiger partial charge in [0.2, 0.25) is 0 Å². The van der Waals surface area contributed by atoms with Gasteiger partial charge in [-0.2, -0.15) is 9.59 Å². The smallest absolute Gasteiger partial charge is 0.579 e. The maximum absolute atomic E-state index is 8.12. The van der Waals surface area contributed by atoms with Gasteiger partial charge in [-0.15, -0.1) is 6.07 Å². The van der Waals surface area contributed by atoms with Gasteiger partial charge in [-0.3, -0.25) is 4.98 Å². The van der Waals surface area contributed by atoms with E-state index in [-0.39, 0.29) is 35.7 Å². The van der Waals surface area contributed by atoms with Crippen LogP contribution in [0.5, 0.6) is 5.75 Å². The predicted octanol–water partition coefficient (Wildman–Crippen LogP) is -2.31. The summed E-state index contributed by atoms with van der Waals surface area (Å²) in [6.45, 7) is 3.66. The van der Waals surface area contributed by atoms with E-state index in [2.05, 4.69) is 11.9 Å². The van der Waals surface area contributed by atoms with Crippen LogP contribution in [0.2, 0.25) is 0 Å². The van der Waals surface area contributed by atoms with E-state index in [0.717, 1.165) is 5.75 Å². The first-order chi connectivity index (χ1) is 5.76. The molecule has 0 atom stereocenters. The molecule has 0 N–H and O–H groups in total. The molecule has 64 valence electrons. The van der Waals surface area contributed by atoms with Crippen molar-refractivity contribution in [3.05, 3.63) is 30.9 Å². The number of methoxy groups -OCH3 is 1. The van der Waals surface area contributed by atoms with Gasteiger partial charge in [0.1, 0.15) is 0 Å². The van der Waals surface area contributed by atoms with Gasteiger partial charge in [-0.1, -0.05) is 11.8 Å². The van der Waals surface area contributed by atoms with Crippen LogP contribution in [0.3, 0.4) is 0 Å². The molecule has 0 aromatic carbocycles. The molecule has 0 spiro atoms. The minimum Gasteiger partial charge on any atom is -0.579 e. The van der Waals surface area contributed by atoms with Crippen LogP contribution in [0.4, 0.5) is 0 Å². The summed E-state index contributed by atoms with van der Waals surface area (Å²) in [5, 5.41) is 0. The number of hydrogen-bond donors (Lipinski definition) is 0. The first-order valence-corrected chi connectivity index (χ1v) is 3.06. The van der Waals surface area contributed by atoms with Crippen LogP contribution in [0.25, 0.3) is 0 Å². The van der Waals surface area contributed by atoms with Gasteiger partial charge in [0.25, 0.3) is 0 Å². The van der Waals surface area contributed by atoms with Crippen molar-refractivity contribution in [3.63, 3.8) is 0 Å². The van der Waals surface area contributed by atoms with E-state index in [4.69, 9.17) is 14.3 Å². The monoisotopic (exact) mass is 189 g/mol. The van der Waals surface area contributed by atoms with Gasteiger partial charge in [0.05, 0.1) is 7.11 Å². The van der Waals surface area contributed by atoms with Gasteiger partial charge in [-0.05, 0) is 5.75 Å². The Morgan fingerprint density at radius 1 is 1.54 bits per heavy atom. The molecule has 0 bridgehead atoms. The van der Waals surface area contributed by atoms with E-state index in [1.165, 1.54) is 0 Å². The molecule has 1 aromatic heterocycles. The van der Waals surface area contributed by atoms with Gasteiger partial charge < -0.3 is 4.74 Å². The minimum absolute atomic E-state index is 0. The molecule has 0 unspecified atom stereocenters. The average molecular weight is 189 g/mol. The second kappa shape index (κ2) is 9.29. The van der Waals surface area contributed by atoms with E-state index in [1.807, 2.05) is 12.1 Å². The minimum atomic E-state index is 0. The number of pyridine rings is 1. The summed E-state index contributed by atoms with van der Waals surface area (Å²) in [7, 11) is 1.60. The van der Waals surface area contributed by atoms with E-state index < -0.39 is 0 Å². The average Bonchev–Trinajstić information content (AvgIpc) is 2.07. The zero-order valence-electron chi connectivity index (χ0n) is 7.61. The molecule has 13 heavy (non-hydrogen) atoms. The summed E-state index contributed by atoms with van der Waals surface area (Å²) in [5.41, 5.74) is 0.681. The number of rotatable bonds is 1. The number of ether oxygens (including phenoxy) is 1. The molecular weight excluding hydrogens is 181 g/mol. The standard InChI is InChI=1S/C7H8NO.CO2.Na/c1-6-7(9-2)4-3-5-8-6;2-1-3;/h3-5H,1H2,2H3;;/q-1;;+1. The summed E-state index contributed by atoms with van der Waals surface area (Å²) >= 11 is 0. The number of carbonyl (C=O) groups excluding carboxylic acids is 2. The Labute approximate surface area is 98.6 Å². The third kappa shape index (κ3) is 6.37. The maximum atomic E-state index is 8.12. The van der Waals surface area contributed by atoms with Crippen LogP contribution < -0.4 is 34.3 Å². The molecule has 0 amide bonds. The van der Waals surface area contributed by atoms with Gasteiger partial charge in [0.15, 0.2) is 0 Å². The molecule has 0 aliphatic heterocycles. The Hall–Kier alpha value is -0.800. The fourth-order valence-corrected chi connectivity index (χ4v) is 0.609. The largest absolute Gasteiger partial charge is 1.00 e. The summed E-state index contributed by atoms with van der Waals surface area (Å²) in [4.78, 5) is 20.2. The summed E-state index contributed by atoms with van der Waals surface area (Å²) < 4.78 is 4.92. The SMILES string of the molecule is O=C=O.[CH2-]c1ncccc1OC.[Na+]. The van der Waals surface area contributed by atoms with Crippen molar-refractivity contribution in [1.82, 2.24) is 4.98 Å². The Morgan fingerprint density at radius 2 is 2.08 bits per heavy atom. The van der Waals surface area contributed by atoms with E-state index in [9.17, 15) is 0 Å². The van der Waals surface area contributed by atoms with E-state index in [0.29, 0.717) is 5.69 Å². The molecule has 0 saturated heterocycles. The summed E-state index contributed by atoms with van der Waals surface area (Å²) in [5.74, 6) is 0.734. The van der Waals surface area contributed by atoms with Crippen molar-refractivity contribution in [3.8, 4) is 5.75 Å². The molecule has 0 fully saturated rings. The van der Waals surface area contributed by atoms with Crippen molar-refractivity contribution in [2.45, 2.75) is 0 Å². The predicted molar refractivity (Wildman–Crippen MR) is 40.3 cm³/mol. The quantitative estimate of drug-likeness (QED) is 0.368. The molecule has 0 aliphatic rings. The Balaban J connectivity index is 0. The molecule has 1 heterocycles. The third-order valence-electron chi connectivity index (χ3n) is 1.07. The normalized spacial score (nSPS) is 6.85. The molecule has 1 rings (SSSR count). The fourth-order valence-electron chi connectivity index (χ4n) is 0.609. The third-order valence-corrected chi connectivity index (χ3v) is 1.07. The second-order valence-corrected chi connectivity index (χ2v) is 1.74. The van der Waals surface area contributed by atoms with Gasteiger partial charge >= 0.3 is 35.7 Å². The number of nitrogens with zero attached hydrogens (tertiary/aromatic N) is 1. The molecule has 0 aliphatic carbocycles. The molecular formula is C8H8NNaO3. The first kappa shape index (κ1) is 14.7. The van der Waals surface area contributed by atoms with Crippen molar-refractivity contribution in [2.75, 3.05) is 7.11 Å². The van der Waals surface area contributed by atoms with Crippen LogP contribution in [-0.2, 0) is 9.59 Å². The Morgan fingerprint density at radius 3 is 2.38 bits per heavy atom. The molecule has 4 nitrogen and oxygen atoms in total. The van der Waals surface area contributed by atoms with Crippen molar-refractivity contribution in [1.29, 1.82) is 0 Å². The van der Waals surface area contributed by atoms with Crippen LogP contribution in [0.15, 0.2) is 18.3 Å². The zero-order chi connectivity index (χ0) is 9.40. The second-order valence-electron chi connectivity index (χ2n) is 1.74. The number of aromatic nitrogens is 1. The molecule has 5 heteroatoms. The van der Waals surface area contributed by atoms with Crippen molar-refractivity contribution in [2.24, 2.45) is 0 Å². The van der Waals surface area contributed by atoms with Gasteiger partial charge in [0, 0.05) is 6.20 Å². The summed E-state index contributed by atoms with van der Waals surface area (Å²) in [6.07, 6.45) is 1.94. The van der Waals surface area contributed by atoms with Crippen molar-refractivity contribution >= 4 is 6.15 Å². The Kier molecular flexibility index (Phi) is 10.5. The van der Waals surface area contributed by atoms with E-state index in [1.54, 1.807) is 13.3 Å². The molecule has 0 saturated carbocycles. The maximum Gasteiger partial charge on any atom is 1.00 e. The van der Waals surface area contributed by atoms with E-state index >= 15 is 0 Å². The first-order valence-electron chi connectivity index (χ1n) is 3.06. The topological polar surface area (TPSA) is 56.3 Å². The summed E-state index contributed by atoms with van der Waals surface area (Å²) in [6, 6.07) is 3.64. The van der Waals surface area contributed by atoms with Crippen LogP contribution in [0, 0.1) is 6.92 Å². The van der Waals surface area contributed by atoms with Gasteiger partial charge in [-0.25, -0.2) is 6.92 Å². The van der Waals surface area contributed by atoms with Crippen LogP contribution in [0.1, 0.15) is 5.69 Å². The fraction of sp³-hybridized carbons (Fsp3) is 0.125. The molecule has 1 aromatic rings. The van der Waals surface area contributed by atoms with Crippen molar-refractivity contribution < 1.29 is 43.9 Å². The van der Waals surface area contributed by atoms with Crippen LogP contribution >= 0.6 is 0 Å². The zero-order valence-corrected chi connectivity index (χ0v) is 9.61. The van der Waals surface area contributed by atoms with Crippen LogP contribution in [-0.4, -0.2) is 18.2 Å². The Bertz CT molecular complexity index is 272. The number of hydrogen-bond acceptors (Lipinski definition) is 4. The molecule has 0 radical (unpaired) electrons.